The van der Waals surface area contributed by atoms with Crippen molar-refractivity contribution in [3.8, 4) is 5.75 Å². The predicted octanol–water partition coefficient (Wildman–Crippen LogP) is 3.71. The lowest BCUT2D eigenvalue weighted by atomic mass is 9.59. The maximum absolute atomic E-state index is 11.2. The van der Waals surface area contributed by atoms with Crippen molar-refractivity contribution in [1.29, 1.82) is 0 Å². The Morgan fingerprint density at radius 3 is 2.83 bits per heavy atom. The van der Waals surface area contributed by atoms with E-state index in [1.54, 1.807) is 0 Å². The molecule has 0 aromatic heterocycles. The molecule has 1 aliphatic carbocycles. The number of piperidine rings is 1. The van der Waals surface area contributed by atoms with Gasteiger partial charge in [0, 0.05) is 19.5 Å². The molecular weight excluding hydrogens is 286 g/mol. The predicted molar refractivity (Wildman–Crippen MR) is 92.8 cm³/mol. The highest BCUT2D eigenvalue weighted by atomic mass is 16.5. The summed E-state index contributed by atoms with van der Waals surface area (Å²) in [6.45, 7) is 14.5. The minimum atomic E-state index is -0.256. The summed E-state index contributed by atoms with van der Waals surface area (Å²) in [5.41, 5.74) is 4.16. The topological polar surface area (TPSA) is 29.5 Å². The lowest BCUT2D eigenvalue weighted by Gasteiger charge is -2.54. The van der Waals surface area contributed by atoms with Gasteiger partial charge in [0.1, 0.15) is 5.75 Å². The van der Waals surface area contributed by atoms with Gasteiger partial charge in [0.15, 0.2) is 0 Å². The Balaban J connectivity index is 1.97. The summed E-state index contributed by atoms with van der Waals surface area (Å²) in [5.74, 6) is 0.997. The number of ether oxygens (including phenoxy) is 1. The lowest BCUT2D eigenvalue weighted by molar-refractivity contribution is -0.131. The van der Waals surface area contributed by atoms with E-state index in [9.17, 15) is 4.79 Å². The summed E-state index contributed by atoms with van der Waals surface area (Å²) in [6, 6.07) is 6.74. The average molecular weight is 313 g/mol. The molecule has 3 atom stereocenters. The second-order valence-corrected chi connectivity index (χ2v) is 7.57. The van der Waals surface area contributed by atoms with Crippen LogP contribution in [0.5, 0.6) is 5.75 Å². The minimum absolute atomic E-state index is 0.153. The third-order valence-electron chi connectivity index (χ3n) is 5.83. The average Bonchev–Trinajstić information content (AvgIpc) is 2.46. The highest BCUT2D eigenvalue weighted by Crippen LogP contribution is 2.49. The maximum Gasteiger partial charge on any atom is 0.308 e. The molecule has 3 heteroatoms. The van der Waals surface area contributed by atoms with E-state index < -0.39 is 0 Å². The number of hydrogen-bond donors (Lipinski definition) is 0. The van der Waals surface area contributed by atoms with Crippen molar-refractivity contribution >= 4 is 5.97 Å². The van der Waals surface area contributed by atoms with Gasteiger partial charge in [-0.3, -0.25) is 9.69 Å². The molecule has 2 bridgehead atoms. The molecule has 1 fully saturated rings. The number of benzene rings is 1. The zero-order valence-corrected chi connectivity index (χ0v) is 14.7. The molecule has 1 aromatic carbocycles. The maximum atomic E-state index is 11.2. The van der Waals surface area contributed by atoms with E-state index in [1.165, 1.54) is 23.6 Å². The van der Waals surface area contributed by atoms with Crippen molar-refractivity contribution in [2.45, 2.75) is 52.0 Å². The molecule has 1 aliphatic heterocycles. The van der Waals surface area contributed by atoms with Crippen molar-refractivity contribution in [3.63, 3.8) is 0 Å². The summed E-state index contributed by atoms with van der Waals surface area (Å²) in [5, 5.41) is 0. The van der Waals surface area contributed by atoms with Crippen LogP contribution in [0.3, 0.4) is 0 Å². The fourth-order valence-electron chi connectivity index (χ4n) is 4.46. The number of nitrogens with zero attached hydrogens (tertiary/aromatic N) is 1. The second kappa shape index (κ2) is 5.79. The normalized spacial score (nSPS) is 29.7. The van der Waals surface area contributed by atoms with E-state index >= 15 is 0 Å². The highest BCUT2D eigenvalue weighted by Gasteiger charge is 2.48. The molecule has 1 heterocycles. The SMILES string of the molecule is C=C(C)CN1CCC2(C)c3cc(OC(C)=O)ccc3CC1C2C. The molecule has 3 nitrogen and oxygen atoms in total. The van der Waals surface area contributed by atoms with Crippen LogP contribution in [0.25, 0.3) is 0 Å². The number of hydrogen-bond acceptors (Lipinski definition) is 3. The van der Waals surface area contributed by atoms with E-state index in [0.29, 0.717) is 17.7 Å². The third kappa shape index (κ3) is 2.83. The summed E-state index contributed by atoms with van der Waals surface area (Å²) < 4.78 is 5.31. The molecule has 1 aromatic rings. The van der Waals surface area contributed by atoms with Crippen molar-refractivity contribution in [1.82, 2.24) is 4.90 Å². The van der Waals surface area contributed by atoms with Gasteiger partial charge in [-0.1, -0.05) is 32.1 Å². The van der Waals surface area contributed by atoms with Crippen LogP contribution < -0.4 is 4.74 Å². The van der Waals surface area contributed by atoms with Gasteiger partial charge in [-0.2, -0.15) is 0 Å². The van der Waals surface area contributed by atoms with Crippen LogP contribution in [0, 0.1) is 5.92 Å². The van der Waals surface area contributed by atoms with Crippen LogP contribution in [-0.4, -0.2) is 30.0 Å². The second-order valence-electron chi connectivity index (χ2n) is 7.57. The van der Waals surface area contributed by atoms with Crippen molar-refractivity contribution in [3.05, 3.63) is 41.5 Å². The number of esters is 1. The van der Waals surface area contributed by atoms with E-state index in [0.717, 1.165) is 25.9 Å². The molecule has 3 rings (SSSR count). The number of rotatable bonds is 3. The van der Waals surface area contributed by atoms with Crippen LogP contribution >= 0.6 is 0 Å². The zero-order valence-electron chi connectivity index (χ0n) is 14.7. The van der Waals surface area contributed by atoms with E-state index in [-0.39, 0.29) is 11.4 Å². The molecule has 2 aliphatic rings. The Morgan fingerprint density at radius 2 is 2.17 bits per heavy atom. The third-order valence-corrected chi connectivity index (χ3v) is 5.83. The first-order chi connectivity index (χ1) is 10.8. The zero-order chi connectivity index (χ0) is 16.8. The lowest BCUT2D eigenvalue weighted by Crippen LogP contribution is -2.58. The van der Waals surface area contributed by atoms with E-state index in [1.807, 2.05) is 6.07 Å². The first-order valence-corrected chi connectivity index (χ1v) is 8.51. The van der Waals surface area contributed by atoms with Gasteiger partial charge in [-0.15, -0.1) is 0 Å². The molecule has 124 valence electrons. The first kappa shape index (κ1) is 16.3. The van der Waals surface area contributed by atoms with Crippen molar-refractivity contribution in [2.24, 2.45) is 5.92 Å². The van der Waals surface area contributed by atoms with Crippen molar-refractivity contribution < 1.29 is 9.53 Å². The molecule has 1 saturated heterocycles. The van der Waals surface area contributed by atoms with Gasteiger partial charge in [-0.25, -0.2) is 0 Å². The van der Waals surface area contributed by atoms with Crippen LogP contribution in [0.1, 0.15) is 45.2 Å². The molecule has 23 heavy (non-hydrogen) atoms. The van der Waals surface area contributed by atoms with Crippen LogP contribution in [0.2, 0.25) is 0 Å². The number of likely N-dealkylation sites (tertiary alicyclic amines) is 1. The number of carbonyl (C=O) groups is 1. The van der Waals surface area contributed by atoms with Gasteiger partial charge in [-0.05, 0) is 60.9 Å². The standard InChI is InChI=1S/C20H27NO2/c1-13(2)12-21-9-8-20(5)14(3)19(21)10-16-6-7-17(11-18(16)20)23-15(4)22/h6-7,11,14,19H,1,8-10,12H2,2-5H3. The monoisotopic (exact) mass is 313 g/mol. The Bertz CT molecular complexity index is 651. The molecule has 0 N–H and O–H groups in total. The van der Waals surface area contributed by atoms with Crippen LogP contribution in [0.15, 0.2) is 30.4 Å². The van der Waals surface area contributed by atoms with Gasteiger partial charge in [0.25, 0.3) is 0 Å². The first-order valence-electron chi connectivity index (χ1n) is 8.51. The molecule has 3 unspecified atom stereocenters. The highest BCUT2D eigenvalue weighted by molar-refractivity contribution is 5.69. The summed E-state index contributed by atoms with van der Waals surface area (Å²) in [7, 11) is 0. The number of carbonyl (C=O) groups excluding carboxylic acids is 1. The Kier molecular flexibility index (Phi) is 4.09. The number of fused-ring (bicyclic) bond motifs is 4. The summed E-state index contributed by atoms with van der Waals surface area (Å²) >= 11 is 0. The van der Waals surface area contributed by atoms with Crippen molar-refractivity contribution in [2.75, 3.05) is 13.1 Å². The molecule has 0 radical (unpaired) electrons. The van der Waals surface area contributed by atoms with Gasteiger partial charge in [0.05, 0.1) is 0 Å². The quantitative estimate of drug-likeness (QED) is 0.484. The molecule has 0 saturated carbocycles. The fourth-order valence-corrected chi connectivity index (χ4v) is 4.46. The van der Waals surface area contributed by atoms with Crippen LogP contribution in [-0.2, 0) is 16.6 Å². The summed E-state index contributed by atoms with van der Waals surface area (Å²) in [6.07, 6.45) is 2.20. The molecule has 0 amide bonds. The molecule has 0 spiro atoms. The Hall–Kier alpha value is -1.61. The van der Waals surface area contributed by atoms with Gasteiger partial charge < -0.3 is 4.74 Å². The smallest absolute Gasteiger partial charge is 0.308 e. The van der Waals surface area contributed by atoms with E-state index in [4.69, 9.17) is 4.74 Å². The fraction of sp³-hybridized carbons (Fsp3) is 0.550. The van der Waals surface area contributed by atoms with E-state index in [2.05, 4.69) is 44.4 Å². The summed E-state index contributed by atoms with van der Waals surface area (Å²) in [4.78, 5) is 13.8. The largest absolute Gasteiger partial charge is 0.427 e. The molecular formula is C20H27NO2. The Labute approximate surface area is 139 Å². The minimum Gasteiger partial charge on any atom is -0.427 e. The van der Waals surface area contributed by atoms with Crippen LogP contribution in [0.4, 0.5) is 0 Å². The van der Waals surface area contributed by atoms with Gasteiger partial charge >= 0.3 is 5.97 Å². The van der Waals surface area contributed by atoms with Gasteiger partial charge in [0.2, 0.25) is 0 Å². The Morgan fingerprint density at radius 1 is 1.43 bits per heavy atom.